The summed E-state index contributed by atoms with van der Waals surface area (Å²) < 4.78 is 56.7. The number of hydrogen-bond acceptors (Lipinski definition) is 14. The largest absolute Gasteiger partial charge is 0.468 e. The zero-order chi connectivity index (χ0) is 59.1. The number of rotatable bonds is 14. The molecule has 2 aliphatic carbocycles. The zero-order valence-corrected chi connectivity index (χ0v) is 49.5. The van der Waals surface area contributed by atoms with Crippen LogP contribution in [0.4, 0.5) is 29.9 Å². The molecule has 2 aromatic heterocycles. The van der Waals surface area contributed by atoms with Gasteiger partial charge in [0.15, 0.2) is 12.6 Å². The van der Waals surface area contributed by atoms with E-state index in [9.17, 15) is 19.2 Å². The molecule has 1 spiro atoms. The molecule has 5 aromatic rings. The number of piperidine rings is 1. The molecule has 448 valence electrons. The third-order valence-electron chi connectivity index (χ3n) is 19.6. The predicted octanol–water partition coefficient (Wildman–Crippen LogP) is 9.81. The molecule has 1 N–H and O–H groups in total. The van der Waals surface area contributed by atoms with E-state index in [1.54, 1.807) is 42.6 Å². The molecule has 6 aliphatic heterocycles. The monoisotopic (exact) mass is 1180 g/mol. The van der Waals surface area contributed by atoms with Gasteiger partial charge in [-0.15, -0.1) is 6.42 Å². The molecular weight excluding hydrogens is 1110 g/mol. The maximum absolute atomic E-state index is 17.7. The van der Waals surface area contributed by atoms with Crippen molar-refractivity contribution in [1.82, 2.24) is 39.9 Å². The maximum atomic E-state index is 17.7. The Bertz CT molecular complexity index is 3520. The molecule has 8 fully saturated rings. The van der Waals surface area contributed by atoms with Crippen LogP contribution in [0.2, 0.25) is 5.02 Å². The van der Waals surface area contributed by atoms with Gasteiger partial charge in [0.1, 0.15) is 34.2 Å². The number of fused-ring (bicyclic) bond motifs is 6. The van der Waals surface area contributed by atoms with Crippen LogP contribution >= 0.6 is 11.6 Å². The van der Waals surface area contributed by atoms with Gasteiger partial charge in [-0.3, -0.25) is 39.5 Å². The third kappa shape index (κ3) is 11.2. The number of carbonyl (C=O) groups excluding carboxylic acids is 4. The van der Waals surface area contributed by atoms with Gasteiger partial charge in [0.05, 0.1) is 40.4 Å². The van der Waals surface area contributed by atoms with Crippen molar-refractivity contribution in [3.8, 4) is 35.4 Å². The van der Waals surface area contributed by atoms with Crippen molar-refractivity contribution in [3.63, 3.8) is 0 Å². The van der Waals surface area contributed by atoms with E-state index in [0.717, 1.165) is 71.1 Å². The van der Waals surface area contributed by atoms with Gasteiger partial charge in [-0.05, 0) is 145 Å². The zero-order valence-electron chi connectivity index (χ0n) is 48.8. The highest BCUT2D eigenvalue weighted by atomic mass is 35.5. The lowest BCUT2D eigenvalue weighted by Gasteiger charge is -2.47. The van der Waals surface area contributed by atoms with Gasteiger partial charge >= 0.3 is 18.1 Å². The lowest BCUT2D eigenvalue weighted by atomic mass is 9.65. The standard InChI is InChI=1S/C64H73ClF2N10O8/c1-6-46-50(66)12-8-39-25-45(84-37-82-5)28-47(53(39)46)55-54(67)56-48(29-68-55)57(74-31-41-9-10-42(32-74)77(41)61(81)85-62(2,3)4)71-59(70-56)83-36-64(18-19-64)35-75-34-43-27-44(75)33-73(43)30-38-13-16-63(17-14-38)20-23-72(24-21-63)58(79)40-7-11-49(65)51(26-40)76-22-15-52(78)69-60(76)80/h1,7-8,11-12,25-26,28-29,38,41-44H,9-10,13-24,27,30-37H2,2-5H3,(H,69,78,80). The molecule has 6 saturated heterocycles. The molecule has 13 rings (SSSR count). The first-order chi connectivity index (χ1) is 40.9. The number of terminal acetylenes is 1. The van der Waals surface area contributed by atoms with E-state index in [4.69, 9.17) is 51.9 Å². The molecule has 4 atom stereocenters. The van der Waals surface area contributed by atoms with Gasteiger partial charge in [0, 0.05) is 113 Å². The number of aromatic nitrogens is 3. The Morgan fingerprint density at radius 1 is 0.871 bits per heavy atom. The first kappa shape index (κ1) is 57.2. The smallest absolute Gasteiger partial charge is 0.410 e. The van der Waals surface area contributed by atoms with Crippen molar-refractivity contribution in [3.05, 3.63) is 76.4 Å². The summed E-state index contributed by atoms with van der Waals surface area (Å²) in [5, 5.41) is 3.90. The molecule has 85 heavy (non-hydrogen) atoms. The Hall–Kier alpha value is -6.92. The molecule has 0 radical (unpaired) electrons. The Labute approximate surface area is 498 Å². The van der Waals surface area contributed by atoms with E-state index >= 15 is 8.78 Å². The Morgan fingerprint density at radius 2 is 1.61 bits per heavy atom. The Balaban J connectivity index is 0.666. The van der Waals surface area contributed by atoms with Crippen LogP contribution in [-0.4, -0.2) is 168 Å². The molecular formula is C64H73ClF2N10O8. The second-order valence-electron chi connectivity index (χ2n) is 26.2. The van der Waals surface area contributed by atoms with E-state index < -0.39 is 23.3 Å². The van der Waals surface area contributed by atoms with Crippen LogP contribution < -0.4 is 24.6 Å². The fourth-order valence-corrected chi connectivity index (χ4v) is 15.1. The number of halogens is 3. The number of methoxy groups -OCH3 is 1. The summed E-state index contributed by atoms with van der Waals surface area (Å²) in [6, 6.07) is 11.4. The van der Waals surface area contributed by atoms with Crippen molar-refractivity contribution >= 4 is 68.7 Å². The van der Waals surface area contributed by atoms with Crippen LogP contribution in [-0.2, 0) is 14.3 Å². The number of nitrogens with one attached hydrogen (secondary N) is 1. The number of imide groups is 1. The molecule has 3 aromatic carbocycles. The van der Waals surface area contributed by atoms with Crippen molar-refractivity contribution in [2.45, 2.75) is 128 Å². The van der Waals surface area contributed by atoms with Gasteiger partial charge in [-0.25, -0.2) is 18.4 Å². The number of ether oxygens (including phenoxy) is 4. The molecule has 4 bridgehead atoms. The number of likely N-dealkylation sites (tertiary alicyclic amines) is 3. The molecule has 18 nitrogen and oxygen atoms in total. The van der Waals surface area contributed by atoms with Crippen molar-refractivity contribution in [2.75, 3.05) is 89.2 Å². The van der Waals surface area contributed by atoms with Gasteiger partial charge in [-0.1, -0.05) is 23.6 Å². The average Bonchev–Trinajstić information content (AvgIpc) is 1.89. The van der Waals surface area contributed by atoms with Gasteiger partial charge in [-0.2, -0.15) is 9.97 Å². The van der Waals surface area contributed by atoms with Crippen LogP contribution in [0.3, 0.4) is 0 Å². The minimum atomic E-state index is -0.751. The number of hydrogen-bond donors (Lipinski definition) is 1. The predicted molar refractivity (Wildman–Crippen MR) is 317 cm³/mol. The van der Waals surface area contributed by atoms with Crippen molar-refractivity contribution in [1.29, 1.82) is 0 Å². The summed E-state index contributed by atoms with van der Waals surface area (Å²) in [5.74, 6) is 2.16. The maximum Gasteiger partial charge on any atom is 0.410 e. The summed E-state index contributed by atoms with van der Waals surface area (Å²) in [5.41, 5.74) is 0.510. The molecule has 8 heterocycles. The number of nitrogens with zero attached hydrogens (tertiary/aromatic N) is 9. The highest BCUT2D eigenvalue weighted by molar-refractivity contribution is 6.34. The number of carbonyl (C=O) groups is 4. The van der Waals surface area contributed by atoms with E-state index in [1.807, 2.05) is 30.6 Å². The molecule has 21 heteroatoms. The number of piperazine rings is 2. The molecule has 2 saturated carbocycles. The summed E-state index contributed by atoms with van der Waals surface area (Å²) in [4.78, 5) is 79.0. The first-order valence-electron chi connectivity index (χ1n) is 30.2. The normalized spacial score (nSPS) is 23.9. The van der Waals surface area contributed by atoms with E-state index in [-0.39, 0.29) is 88.9 Å². The molecule has 4 unspecified atom stereocenters. The van der Waals surface area contributed by atoms with Crippen molar-refractivity contribution < 1.29 is 46.9 Å². The Morgan fingerprint density at radius 3 is 2.29 bits per heavy atom. The van der Waals surface area contributed by atoms with Crippen LogP contribution in [0.1, 0.15) is 114 Å². The number of urea groups is 1. The van der Waals surface area contributed by atoms with Crippen molar-refractivity contribution in [2.24, 2.45) is 16.7 Å². The Kier molecular flexibility index (Phi) is 15.1. The fraction of sp³-hybridized carbons (Fsp3) is 0.547. The van der Waals surface area contributed by atoms with Crippen LogP contribution in [0.25, 0.3) is 32.9 Å². The quantitative estimate of drug-likeness (QED) is 0.0822. The lowest BCUT2D eigenvalue weighted by molar-refractivity contribution is -0.120. The first-order valence-corrected chi connectivity index (χ1v) is 30.5. The van der Waals surface area contributed by atoms with Crippen LogP contribution in [0.5, 0.6) is 11.8 Å². The van der Waals surface area contributed by atoms with Gasteiger partial charge < -0.3 is 28.7 Å². The molecule has 5 amide bonds. The topological polar surface area (TPSA) is 175 Å². The number of amides is 5. The highest BCUT2D eigenvalue weighted by Crippen LogP contribution is 2.51. The number of pyridine rings is 1. The fourth-order valence-electron chi connectivity index (χ4n) is 14.9. The second kappa shape index (κ2) is 22.4. The van der Waals surface area contributed by atoms with Crippen LogP contribution in [0.15, 0.2) is 48.7 Å². The summed E-state index contributed by atoms with van der Waals surface area (Å²) in [7, 11) is 1.50. The van der Waals surface area contributed by atoms with Gasteiger partial charge in [0.2, 0.25) is 5.91 Å². The molecule has 8 aliphatic rings. The lowest BCUT2D eigenvalue weighted by Crippen LogP contribution is -2.57. The summed E-state index contributed by atoms with van der Waals surface area (Å²) in [6.45, 7) is 12.4. The minimum absolute atomic E-state index is 0.00705. The van der Waals surface area contributed by atoms with E-state index in [0.29, 0.717) is 94.8 Å². The SMILES string of the molecule is C#Cc1c(F)ccc2cc(OCOC)cc(-c3ncc4c(N5CC6CCC(C5)N6C(=O)OC(C)(C)C)nc(OCC5(CN6CC7CC6CN7CC6CCC7(CC6)CCN(C(=O)c6ccc(Cl)c(N8CCC(=O)NC8=O)c6)CC7)CC5)nc4c3F)c12. The van der Waals surface area contributed by atoms with Gasteiger partial charge in [0.25, 0.3) is 5.91 Å². The van der Waals surface area contributed by atoms with E-state index in [1.165, 1.54) is 43.8 Å². The third-order valence-corrected chi connectivity index (χ3v) is 19.9. The van der Waals surface area contributed by atoms with Crippen LogP contribution in [0, 0.1) is 40.7 Å². The number of benzene rings is 3. The average molecular weight is 1180 g/mol. The second-order valence-corrected chi connectivity index (χ2v) is 26.7. The summed E-state index contributed by atoms with van der Waals surface area (Å²) in [6.07, 6.45) is 18.7. The summed E-state index contributed by atoms with van der Waals surface area (Å²) >= 11 is 6.49. The highest BCUT2D eigenvalue weighted by Gasteiger charge is 2.52. The van der Waals surface area contributed by atoms with E-state index in [2.05, 4.69) is 25.9 Å². The minimum Gasteiger partial charge on any atom is -0.468 e. The number of anilines is 2.